The molecule has 0 aliphatic carbocycles. The molecular formula is C16H14F3NO4. The summed E-state index contributed by atoms with van der Waals surface area (Å²) in [6.45, 7) is 1.18. The first kappa shape index (κ1) is 17.7. The van der Waals surface area contributed by atoms with Gasteiger partial charge >= 0.3 is 5.97 Å². The molecule has 0 bridgehead atoms. The molecule has 0 amide bonds. The summed E-state index contributed by atoms with van der Waals surface area (Å²) < 4.78 is 47.0. The Balaban J connectivity index is 2.94. The highest BCUT2D eigenvalue weighted by atomic mass is 19.1. The van der Waals surface area contributed by atoms with Crippen molar-refractivity contribution >= 4 is 22.7 Å². The quantitative estimate of drug-likeness (QED) is 0.619. The average molecular weight is 341 g/mol. The second kappa shape index (κ2) is 6.86. The maximum absolute atomic E-state index is 14.6. The van der Waals surface area contributed by atoms with E-state index in [0.717, 1.165) is 17.7 Å². The van der Waals surface area contributed by atoms with E-state index < -0.39 is 57.5 Å². The van der Waals surface area contributed by atoms with Crippen LogP contribution >= 0.6 is 0 Å². The topological polar surface area (TPSA) is 65.4 Å². The predicted molar refractivity (Wildman–Crippen MR) is 80.1 cm³/mol. The number of nitrogens with zero attached hydrogens (tertiary/aromatic N) is 1. The van der Waals surface area contributed by atoms with E-state index in [1.165, 1.54) is 6.92 Å². The van der Waals surface area contributed by atoms with Crippen LogP contribution in [-0.2, 0) is 11.3 Å². The maximum Gasteiger partial charge on any atom is 0.343 e. The Labute approximate surface area is 134 Å². The zero-order valence-corrected chi connectivity index (χ0v) is 13.0. The van der Waals surface area contributed by atoms with Crippen LogP contribution < -0.4 is 5.43 Å². The van der Waals surface area contributed by atoms with Gasteiger partial charge in [-0.15, -0.1) is 0 Å². The number of carbonyl (C=O) groups is 2. The van der Waals surface area contributed by atoms with Gasteiger partial charge in [-0.05, 0) is 19.9 Å². The molecule has 5 nitrogen and oxygen atoms in total. The highest BCUT2D eigenvalue weighted by Crippen LogP contribution is 2.23. The number of benzene rings is 1. The number of hydrogen-bond acceptors (Lipinski definition) is 4. The number of ketones is 1. The van der Waals surface area contributed by atoms with Gasteiger partial charge in [-0.25, -0.2) is 18.0 Å². The molecule has 0 atom stereocenters. The minimum Gasteiger partial charge on any atom is -0.462 e. The fourth-order valence-corrected chi connectivity index (χ4v) is 2.43. The molecule has 2 aromatic rings. The number of Topliss-reactive ketones (excluding diaryl/α,β-unsaturated/α-hetero) is 1. The van der Waals surface area contributed by atoms with Crippen molar-refractivity contribution in [2.75, 3.05) is 13.3 Å². The number of carbonyl (C=O) groups excluding carboxylic acids is 2. The van der Waals surface area contributed by atoms with Crippen LogP contribution in [0.5, 0.6) is 0 Å². The summed E-state index contributed by atoms with van der Waals surface area (Å²) in [5, 5.41) is -0.464. The number of halogens is 3. The van der Waals surface area contributed by atoms with Crippen LogP contribution in [0.15, 0.2) is 17.1 Å². The third kappa shape index (κ3) is 2.91. The third-order valence-corrected chi connectivity index (χ3v) is 3.43. The molecule has 0 saturated carbocycles. The Bertz CT molecular complexity index is 889. The van der Waals surface area contributed by atoms with Gasteiger partial charge in [-0.3, -0.25) is 9.59 Å². The second-order valence-electron chi connectivity index (χ2n) is 4.97. The zero-order chi connectivity index (χ0) is 18.0. The SMILES string of the molecule is CCOC(=O)c1cn(CCF)c2c(F)c(C(C)=O)c(F)cc2c1=O. The summed E-state index contributed by atoms with van der Waals surface area (Å²) in [5.41, 5.74) is -2.67. The fraction of sp³-hybridized carbons (Fsp3) is 0.312. The van der Waals surface area contributed by atoms with Crippen LogP contribution in [0, 0.1) is 11.6 Å². The van der Waals surface area contributed by atoms with Crippen LogP contribution in [0.1, 0.15) is 34.6 Å². The van der Waals surface area contributed by atoms with Gasteiger partial charge in [0.25, 0.3) is 0 Å². The van der Waals surface area contributed by atoms with Gasteiger partial charge in [0, 0.05) is 6.20 Å². The molecule has 0 radical (unpaired) electrons. The lowest BCUT2D eigenvalue weighted by molar-refractivity contribution is 0.0524. The predicted octanol–water partition coefficient (Wildman–Crippen LogP) is 2.63. The van der Waals surface area contributed by atoms with Gasteiger partial charge in [-0.1, -0.05) is 0 Å². The minimum atomic E-state index is -1.27. The smallest absolute Gasteiger partial charge is 0.343 e. The molecule has 1 aromatic heterocycles. The summed E-state index contributed by atoms with van der Waals surface area (Å²) in [5.74, 6) is -4.34. The van der Waals surface area contributed by atoms with Crippen molar-refractivity contribution in [1.82, 2.24) is 4.57 Å². The Morgan fingerprint density at radius 2 is 1.96 bits per heavy atom. The fourth-order valence-electron chi connectivity index (χ4n) is 2.43. The van der Waals surface area contributed by atoms with Crippen LogP contribution in [0.3, 0.4) is 0 Å². The minimum absolute atomic E-state index is 0.00851. The van der Waals surface area contributed by atoms with E-state index in [0.29, 0.717) is 6.07 Å². The maximum atomic E-state index is 14.6. The number of pyridine rings is 1. The number of aromatic nitrogens is 1. The number of aryl methyl sites for hydroxylation is 1. The summed E-state index contributed by atoms with van der Waals surface area (Å²) in [4.78, 5) is 35.6. The number of fused-ring (bicyclic) bond motifs is 1. The first-order valence-electron chi connectivity index (χ1n) is 7.12. The normalized spacial score (nSPS) is 10.9. The first-order valence-corrected chi connectivity index (χ1v) is 7.12. The molecular weight excluding hydrogens is 327 g/mol. The highest BCUT2D eigenvalue weighted by Gasteiger charge is 2.24. The van der Waals surface area contributed by atoms with Crippen molar-refractivity contribution in [1.29, 1.82) is 0 Å². The largest absolute Gasteiger partial charge is 0.462 e. The molecule has 24 heavy (non-hydrogen) atoms. The van der Waals surface area contributed by atoms with Gasteiger partial charge in [0.15, 0.2) is 11.6 Å². The molecule has 0 aliphatic rings. The number of ether oxygens (including phenoxy) is 1. The molecule has 8 heteroatoms. The van der Waals surface area contributed by atoms with Crippen LogP contribution in [0.2, 0.25) is 0 Å². The van der Waals surface area contributed by atoms with E-state index in [9.17, 15) is 27.6 Å². The van der Waals surface area contributed by atoms with Gasteiger partial charge in [0.1, 0.15) is 18.1 Å². The van der Waals surface area contributed by atoms with Crippen molar-refractivity contribution in [2.24, 2.45) is 0 Å². The Morgan fingerprint density at radius 1 is 1.29 bits per heavy atom. The zero-order valence-electron chi connectivity index (χ0n) is 13.0. The Morgan fingerprint density at radius 3 is 2.50 bits per heavy atom. The van der Waals surface area contributed by atoms with Gasteiger partial charge in [0.2, 0.25) is 5.43 Å². The molecule has 128 valence electrons. The summed E-state index contributed by atoms with van der Waals surface area (Å²) >= 11 is 0. The number of hydrogen-bond donors (Lipinski definition) is 0. The summed E-state index contributed by atoms with van der Waals surface area (Å²) in [7, 11) is 0. The molecule has 0 saturated heterocycles. The van der Waals surface area contributed by atoms with Crippen molar-refractivity contribution in [3.63, 3.8) is 0 Å². The lowest BCUT2D eigenvalue weighted by Gasteiger charge is -2.14. The molecule has 0 spiro atoms. The Hall–Kier alpha value is -2.64. The number of alkyl halides is 1. The lowest BCUT2D eigenvalue weighted by Crippen LogP contribution is -2.23. The highest BCUT2D eigenvalue weighted by molar-refractivity contribution is 6.00. The van der Waals surface area contributed by atoms with E-state index >= 15 is 0 Å². The summed E-state index contributed by atoms with van der Waals surface area (Å²) in [6, 6.07) is 0.676. The molecule has 1 aromatic carbocycles. The van der Waals surface area contributed by atoms with Crippen molar-refractivity contribution in [3.8, 4) is 0 Å². The second-order valence-corrected chi connectivity index (χ2v) is 4.97. The lowest BCUT2D eigenvalue weighted by atomic mass is 10.0. The van der Waals surface area contributed by atoms with Crippen molar-refractivity contribution in [2.45, 2.75) is 20.4 Å². The van der Waals surface area contributed by atoms with Crippen molar-refractivity contribution < 1.29 is 27.5 Å². The molecule has 0 N–H and O–H groups in total. The molecule has 0 unspecified atom stereocenters. The van der Waals surface area contributed by atoms with E-state index in [2.05, 4.69) is 0 Å². The van der Waals surface area contributed by atoms with Gasteiger partial charge < -0.3 is 9.30 Å². The first-order chi connectivity index (χ1) is 11.3. The standard InChI is InChI=1S/C16H14F3NO4/c1-3-24-16(23)10-7-20(5-4-17)14-9(15(10)22)6-11(18)12(8(2)21)13(14)19/h6-7H,3-5H2,1-2H3. The Kier molecular flexibility index (Phi) is 5.06. The van der Waals surface area contributed by atoms with E-state index in [-0.39, 0.29) is 13.2 Å². The number of rotatable bonds is 5. The monoisotopic (exact) mass is 341 g/mol. The molecule has 0 aliphatic heterocycles. The van der Waals surface area contributed by atoms with Gasteiger partial charge in [-0.2, -0.15) is 0 Å². The average Bonchev–Trinajstić information content (AvgIpc) is 2.49. The molecule has 0 fully saturated rings. The van der Waals surface area contributed by atoms with Crippen LogP contribution in [0.25, 0.3) is 10.9 Å². The third-order valence-electron chi connectivity index (χ3n) is 3.43. The number of esters is 1. The van der Waals surface area contributed by atoms with Crippen LogP contribution in [-0.4, -0.2) is 29.6 Å². The molecule has 1 heterocycles. The van der Waals surface area contributed by atoms with E-state index in [1.807, 2.05) is 0 Å². The molecule has 2 rings (SSSR count). The van der Waals surface area contributed by atoms with E-state index in [1.54, 1.807) is 0 Å². The van der Waals surface area contributed by atoms with Crippen LogP contribution in [0.4, 0.5) is 13.2 Å². The van der Waals surface area contributed by atoms with E-state index in [4.69, 9.17) is 4.74 Å². The van der Waals surface area contributed by atoms with Gasteiger partial charge in [0.05, 0.1) is 29.6 Å². The van der Waals surface area contributed by atoms with Crippen molar-refractivity contribution in [3.05, 3.63) is 45.2 Å². The summed E-state index contributed by atoms with van der Waals surface area (Å²) in [6.07, 6.45) is 0.952.